The summed E-state index contributed by atoms with van der Waals surface area (Å²) < 4.78 is 4.92. The monoisotopic (exact) mass is 362 g/mol. The van der Waals surface area contributed by atoms with Crippen molar-refractivity contribution in [2.45, 2.75) is 57.4 Å². The molecule has 7 heteroatoms. The Balaban J connectivity index is 1.71. The van der Waals surface area contributed by atoms with E-state index in [1.807, 2.05) is 13.0 Å². The molecule has 6 nitrogen and oxygen atoms in total. The molecule has 1 aliphatic carbocycles. The maximum absolute atomic E-state index is 11.9. The van der Waals surface area contributed by atoms with E-state index in [0.29, 0.717) is 17.7 Å². The minimum Gasteiger partial charge on any atom is -0.456 e. The van der Waals surface area contributed by atoms with Gasteiger partial charge in [0.1, 0.15) is 5.54 Å². The third kappa shape index (κ3) is 5.68. The van der Waals surface area contributed by atoms with Crippen LogP contribution in [0, 0.1) is 18.3 Å². The Kier molecular flexibility index (Phi) is 6.71. The van der Waals surface area contributed by atoms with Gasteiger partial charge in [-0.1, -0.05) is 19.3 Å². The number of amides is 1. The Morgan fingerprint density at radius 2 is 1.96 bits per heavy atom. The molecule has 1 aromatic heterocycles. The first-order valence-corrected chi connectivity index (χ1v) is 9.23. The first-order valence-electron chi connectivity index (χ1n) is 8.42. The zero-order chi connectivity index (χ0) is 18.3. The number of nitrogens with zero attached hydrogens (tertiary/aromatic N) is 1. The van der Waals surface area contributed by atoms with Gasteiger partial charge >= 0.3 is 5.97 Å². The van der Waals surface area contributed by atoms with Crippen molar-refractivity contribution in [2.75, 3.05) is 6.61 Å². The molecule has 25 heavy (non-hydrogen) atoms. The van der Waals surface area contributed by atoms with Crippen LogP contribution in [0.4, 0.5) is 0 Å². The van der Waals surface area contributed by atoms with Crippen LogP contribution in [0.15, 0.2) is 12.1 Å². The lowest BCUT2D eigenvalue weighted by Crippen LogP contribution is -2.50. The second-order valence-electron chi connectivity index (χ2n) is 6.30. The van der Waals surface area contributed by atoms with Crippen LogP contribution in [-0.2, 0) is 14.3 Å². The molecule has 1 heterocycles. The van der Waals surface area contributed by atoms with Crippen molar-refractivity contribution in [3.8, 4) is 6.07 Å². The molecule has 1 amide bonds. The number of carbonyl (C=O) groups is 3. The lowest BCUT2D eigenvalue weighted by molar-refractivity contribution is -0.148. The molecule has 1 aliphatic rings. The van der Waals surface area contributed by atoms with Crippen LogP contribution in [0.25, 0.3) is 0 Å². The van der Waals surface area contributed by atoms with Gasteiger partial charge in [-0.15, -0.1) is 11.3 Å². The Bertz CT molecular complexity index is 683. The summed E-state index contributed by atoms with van der Waals surface area (Å²) in [5.74, 6) is -1.17. The summed E-state index contributed by atoms with van der Waals surface area (Å²) in [5.41, 5.74) is -0.839. The molecular weight excluding hydrogens is 340 g/mol. The number of ether oxygens (including phenoxy) is 1. The van der Waals surface area contributed by atoms with Crippen molar-refractivity contribution in [3.63, 3.8) is 0 Å². The first-order chi connectivity index (χ1) is 11.9. The van der Waals surface area contributed by atoms with Crippen molar-refractivity contribution < 1.29 is 19.1 Å². The van der Waals surface area contributed by atoms with Crippen molar-refractivity contribution >= 4 is 29.0 Å². The van der Waals surface area contributed by atoms with E-state index >= 15 is 0 Å². The average Bonchev–Trinajstić information content (AvgIpc) is 3.05. The van der Waals surface area contributed by atoms with Crippen molar-refractivity contribution in [1.29, 1.82) is 5.26 Å². The first kappa shape index (κ1) is 19.1. The molecule has 0 unspecified atom stereocenters. The third-order valence-electron chi connectivity index (χ3n) is 4.24. The van der Waals surface area contributed by atoms with Crippen LogP contribution in [-0.4, -0.2) is 29.8 Å². The number of carbonyl (C=O) groups excluding carboxylic acids is 3. The average molecular weight is 362 g/mol. The number of nitriles is 1. The van der Waals surface area contributed by atoms with Gasteiger partial charge < -0.3 is 10.1 Å². The van der Waals surface area contributed by atoms with E-state index in [9.17, 15) is 19.6 Å². The zero-order valence-electron chi connectivity index (χ0n) is 14.3. The molecule has 2 rings (SSSR count). The van der Waals surface area contributed by atoms with E-state index in [4.69, 9.17) is 4.74 Å². The second-order valence-corrected chi connectivity index (χ2v) is 7.58. The van der Waals surface area contributed by atoms with Crippen molar-refractivity contribution in [1.82, 2.24) is 5.32 Å². The largest absolute Gasteiger partial charge is 0.456 e. The van der Waals surface area contributed by atoms with Gasteiger partial charge in [-0.25, -0.2) is 0 Å². The highest BCUT2D eigenvalue weighted by Crippen LogP contribution is 2.27. The topological polar surface area (TPSA) is 96.3 Å². The molecule has 0 saturated heterocycles. The molecule has 1 fully saturated rings. The van der Waals surface area contributed by atoms with Gasteiger partial charge in [0.05, 0.1) is 17.4 Å². The standard InChI is InChI=1S/C18H22N2O4S/c1-13-5-7-15(25-13)14(21)6-8-17(23)24-11-16(22)20-18(12-19)9-3-2-4-10-18/h5,7H,2-4,6,8-11H2,1H3,(H,20,22). The lowest BCUT2D eigenvalue weighted by atomic mass is 9.83. The Hall–Kier alpha value is -2.20. The maximum Gasteiger partial charge on any atom is 0.306 e. The van der Waals surface area contributed by atoms with Gasteiger partial charge in [0.2, 0.25) is 0 Å². The second kappa shape index (κ2) is 8.77. The quantitative estimate of drug-likeness (QED) is 0.594. The number of thiophene rings is 1. The number of nitrogens with one attached hydrogen (secondary N) is 1. The van der Waals surface area contributed by atoms with Crippen LogP contribution < -0.4 is 5.32 Å². The molecule has 0 spiro atoms. The van der Waals surface area contributed by atoms with Crippen LogP contribution in [0.1, 0.15) is 59.5 Å². The highest BCUT2D eigenvalue weighted by molar-refractivity contribution is 7.14. The molecular formula is C18H22N2O4S. The Morgan fingerprint density at radius 1 is 1.24 bits per heavy atom. The van der Waals surface area contributed by atoms with Gasteiger partial charge in [0.25, 0.3) is 5.91 Å². The van der Waals surface area contributed by atoms with E-state index in [0.717, 1.165) is 24.1 Å². The van der Waals surface area contributed by atoms with E-state index in [-0.39, 0.29) is 18.6 Å². The third-order valence-corrected chi connectivity index (χ3v) is 5.28. The van der Waals surface area contributed by atoms with E-state index in [1.54, 1.807) is 6.07 Å². The van der Waals surface area contributed by atoms with Crippen LogP contribution in [0.5, 0.6) is 0 Å². The summed E-state index contributed by atoms with van der Waals surface area (Å²) in [7, 11) is 0. The SMILES string of the molecule is Cc1ccc(C(=O)CCC(=O)OCC(=O)NC2(C#N)CCCCC2)s1. The maximum atomic E-state index is 11.9. The van der Waals surface area contributed by atoms with Gasteiger partial charge in [0, 0.05) is 11.3 Å². The van der Waals surface area contributed by atoms with Gasteiger partial charge in [-0.2, -0.15) is 5.26 Å². The highest BCUT2D eigenvalue weighted by atomic mass is 32.1. The number of hydrogen-bond donors (Lipinski definition) is 1. The van der Waals surface area contributed by atoms with Crippen LogP contribution in [0.2, 0.25) is 0 Å². The van der Waals surface area contributed by atoms with Gasteiger partial charge in [-0.05, 0) is 31.9 Å². The summed E-state index contributed by atoms with van der Waals surface area (Å²) in [4.78, 5) is 37.2. The lowest BCUT2D eigenvalue weighted by Gasteiger charge is -2.31. The summed E-state index contributed by atoms with van der Waals surface area (Å²) in [5, 5.41) is 12.0. The Labute approximate surface area is 151 Å². The van der Waals surface area contributed by atoms with E-state index < -0.39 is 24.0 Å². The fraction of sp³-hybridized carbons (Fsp3) is 0.556. The summed E-state index contributed by atoms with van der Waals surface area (Å²) in [6.07, 6.45) is 4.10. The minimum atomic E-state index is -0.839. The highest BCUT2D eigenvalue weighted by Gasteiger charge is 2.33. The predicted molar refractivity (Wildman–Crippen MR) is 93.2 cm³/mol. The molecule has 0 bridgehead atoms. The molecule has 0 aliphatic heterocycles. The molecule has 0 aromatic carbocycles. The van der Waals surface area contributed by atoms with Crippen LogP contribution in [0.3, 0.4) is 0 Å². The predicted octanol–water partition coefficient (Wildman–Crippen LogP) is 2.91. The smallest absolute Gasteiger partial charge is 0.306 e. The minimum absolute atomic E-state index is 0.0581. The van der Waals surface area contributed by atoms with Gasteiger partial charge in [-0.3, -0.25) is 14.4 Å². The molecule has 0 atom stereocenters. The molecule has 1 saturated carbocycles. The normalized spacial score (nSPS) is 15.8. The Morgan fingerprint density at radius 3 is 2.56 bits per heavy atom. The fourth-order valence-electron chi connectivity index (χ4n) is 2.86. The number of esters is 1. The summed E-state index contributed by atoms with van der Waals surface area (Å²) >= 11 is 1.39. The summed E-state index contributed by atoms with van der Waals surface area (Å²) in [6, 6.07) is 5.78. The number of ketones is 1. The van der Waals surface area contributed by atoms with Crippen LogP contribution >= 0.6 is 11.3 Å². The summed E-state index contributed by atoms with van der Waals surface area (Å²) in [6.45, 7) is 1.49. The molecule has 134 valence electrons. The number of rotatable bonds is 7. The van der Waals surface area contributed by atoms with Crippen molar-refractivity contribution in [3.05, 3.63) is 21.9 Å². The van der Waals surface area contributed by atoms with E-state index in [2.05, 4.69) is 11.4 Å². The molecule has 1 N–H and O–H groups in total. The zero-order valence-corrected chi connectivity index (χ0v) is 15.1. The molecule has 0 radical (unpaired) electrons. The number of hydrogen-bond acceptors (Lipinski definition) is 6. The van der Waals surface area contributed by atoms with E-state index in [1.165, 1.54) is 11.3 Å². The van der Waals surface area contributed by atoms with Gasteiger partial charge in [0.15, 0.2) is 12.4 Å². The number of aryl methyl sites for hydroxylation is 1. The number of Topliss-reactive ketones (excluding diaryl/α,β-unsaturated/α-hetero) is 1. The van der Waals surface area contributed by atoms with Crippen molar-refractivity contribution in [2.24, 2.45) is 0 Å². The fourth-order valence-corrected chi connectivity index (χ4v) is 3.70. The molecule has 1 aromatic rings.